The normalized spacial score (nSPS) is 12.2. The molecule has 0 aliphatic heterocycles. The van der Waals surface area contributed by atoms with E-state index in [1.54, 1.807) is 14.0 Å². The van der Waals surface area contributed by atoms with Crippen LogP contribution in [-0.2, 0) is 10.4 Å². The van der Waals surface area contributed by atoms with Gasteiger partial charge in [0.05, 0.1) is 39.4 Å². The Balaban J connectivity index is 0. The number of unbranched alkanes of at least 4 members (excludes halogenated alkanes) is 4. The van der Waals surface area contributed by atoms with Crippen LogP contribution in [0.15, 0.2) is 24.3 Å². The molecule has 1 aromatic rings. The van der Waals surface area contributed by atoms with Gasteiger partial charge in [-0.25, -0.2) is 0 Å². The molecule has 1 aromatic carbocycles. The van der Waals surface area contributed by atoms with Gasteiger partial charge in [0.2, 0.25) is 0 Å². The van der Waals surface area contributed by atoms with Crippen LogP contribution in [0.5, 0.6) is 5.75 Å². The molecule has 0 aliphatic rings. The smallest absolute Gasteiger partial charge is 0.394 e. The molecule has 0 amide bonds. The molecule has 0 bridgehead atoms. The topological polar surface area (TPSA) is 104 Å². The molecule has 0 spiro atoms. The highest BCUT2D eigenvalue weighted by Gasteiger charge is 2.24. The number of hydrogen-bond donors (Lipinski definition) is 3. The molecule has 0 aromatic heterocycles. The summed E-state index contributed by atoms with van der Waals surface area (Å²) in [6.07, 6.45) is 10.7. The molecular weight excluding hydrogens is 442 g/mol. The molecule has 196 valence electrons. The average Bonchev–Trinajstić information content (AvgIpc) is 2.77. The number of benzene rings is 1. The molecule has 1 rings (SSSR count). The standard InChI is InChI=1S/C16H36N.C9H12O2.H2O4S/c1-5-9-13-17(14-10-6-2,15-11-7-3)16-12-8-4;1-7(10)8-3-5-9(11-2)6-4-8;1-5(2,3)4/h5-16H2,1-4H3;3-7,10H,1-2H3;(H2,1,2,3,4)/q+1;;. The fourth-order valence-corrected chi connectivity index (χ4v) is 3.53. The van der Waals surface area contributed by atoms with Crippen molar-refractivity contribution < 1.29 is 31.8 Å². The van der Waals surface area contributed by atoms with Gasteiger partial charge >= 0.3 is 10.4 Å². The van der Waals surface area contributed by atoms with Crippen molar-refractivity contribution in [3.63, 3.8) is 0 Å². The summed E-state index contributed by atoms with van der Waals surface area (Å²) >= 11 is 0. The van der Waals surface area contributed by atoms with E-state index in [4.69, 9.17) is 27.4 Å². The van der Waals surface area contributed by atoms with Gasteiger partial charge in [0.25, 0.3) is 0 Å². The zero-order chi connectivity index (χ0) is 25.8. The number of nitrogens with zero attached hydrogens (tertiary/aromatic N) is 1. The monoisotopic (exact) mass is 492 g/mol. The third-order valence-corrected chi connectivity index (χ3v) is 5.54. The predicted molar refractivity (Wildman–Crippen MR) is 137 cm³/mol. The number of quaternary nitrogens is 1. The molecule has 0 heterocycles. The van der Waals surface area contributed by atoms with E-state index in [2.05, 4.69) is 27.7 Å². The second kappa shape index (κ2) is 20.2. The highest BCUT2D eigenvalue weighted by atomic mass is 32.3. The summed E-state index contributed by atoms with van der Waals surface area (Å²) in [5.74, 6) is 0.814. The van der Waals surface area contributed by atoms with E-state index in [0.29, 0.717) is 0 Å². The van der Waals surface area contributed by atoms with E-state index in [1.165, 1.54) is 82.0 Å². The van der Waals surface area contributed by atoms with E-state index in [9.17, 15) is 0 Å². The molecule has 33 heavy (non-hydrogen) atoms. The summed E-state index contributed by atoms with van der Waals surface area (Å²) in [6, 6.07) is 7.37. The maximum Gasteiger partial charge on any atom is 0.394 e. The van der Waals surface area contributed by atoms with Crippen LogP contribution in [-0.4, -0.2) is 60.4 Å². The van der Waals surface area contributed by atoms with Gasteiger partial charge in [-0.2, -0.15) is 8.42 Å². The number of hydrogen-bond acceptors (Lipinski definition) is 4. The van der Waals surface area contributed by atoms with Gasteiger partial charge in [-0.15, -0.1) is 0 Å². The molecular formula is C25H50NO6S+. The number of methoxy groups -OCH3 is 1. The first-order chi connectivity index (χ1) is 15.5. The average molecular weight is 493 g/mol. The van der Waals surface area contributed by atoms with Crippen LogP contribution in [0.4, 0.5) is 0 Å². The second-order valence-corrected chi connectivity index (χ2v) is 9.44. The maximum absolute atomic E-state index is 9.15. The Morgan fingerprint density at radius 3 is 1.30 bits per heavy atom. The Morgan fingerprint density at radius 2 is 1.09 bits per heavy atom. The van der Waals surface area contributed by atoms with Gasteiger partial charge in [-0.05, 0) is 50.3 Å². The van der Waals surface area contributed by atoms with Crippen LogP contribution in [0.2, 0.25) is 0 Å². The quantitative estimate of drug-likeness (QED) is 0.214. The molecule has 3 N–H and O–H groups in total. The number of rotatable bonds is 14. The van der Waals surface area contributed by atoms with Crippen molar-refractivity contribution in [1.29, 1.82) is 0 Å². The predicted octanol–water partition coefficient (Wildman–Crippen LogP) is 6.10. The molecule has 0 fully saturated rings. The minimum absolute atomic E-state index is 0.402. The molecule has 0 saturated carbocycles. The minimum atomic E-state index is -4.67. The summed E-state index contributed by atoms with van der Waals surface area (Å²) in [5.41, 5.74) is 0.908. The van der Waals surface area contributed by atoms with Gasteiger partial charge in [0.15, 0.2) is 0 Å². The molecule has 8 heteroatoms. The Hall–Kier alpha value is -1.19. The second-order valence-electron chi connectivity index (χ2n) is 8.55. The van der Waals surface area contributed by atoms with Gasteiger partial charge in [0, 0.05) is 0 Å². The van der Waals surface area contributed by atoms with Crippen LogP contribution in [0.1, 0.15) is 97.7 Å². The van der Waals surface area contributed by atoms with Crippen LogP contribution < -0.4 is 4.74 Å². The molecule has 0 saturated heterocycles. The summed E-state index contributed by atoms with van der Waals surface area (Å²) in [5, 5.41) is 9.15. The minimum Gasteiger partial charge on any atom is -0.497 e. The maximum atomic E-state index is 9.15. The van der Waals surface area contributed by atoms with Crippen molar-refractivity contribution in [2.24, 2.45) is 0 Å². The fourth-order valence-electron chi connectivity index (χ4n) is 3.53. The van der Waals surface area contributed by atoms with Gasteiger partial charge in [-0.1, -0.05) is 65.5 Å². The SMILES string of the molecule is CCCC[N+](CCCC)(CCCC)CCCC.COc1ccc(C(C)O)cc1.O=S(=O)(O)O. The first-order valence-corrected chi connectivity index (χ1v) is 13.7. The van der Waals surface area contributed by atoms with Crippen molar-refractivity contribution in [3.8, 4) is 5.75 Å². The van der Waals surface area contributed by atoms with Crippen LogP contribution in [0.3, 0.4) is 0 Å². The lowest BCUT2D eigenvalue weighted by Gasteiger charge is -2.39. The summed E-state index contributed by atoms with van der Waals surface area (Å²) in [4.78, 5) is 0. The van der Waals surface area contributed by atoms with Crippen LogP contribution >= 0.6 is 0 Å². The van der Waals surface area contributed by atoms with E-state index < -0.39 is 16.5 Å². The Kier molecular flexibility index (Phi) is 20.8. The molecule has 0 aliphatic carbocycles. The van der Waals surface area contributed by atoms with Gasteiger partial charge in [-0.3, -0.25) is 9.11 Å². The lowest BCUT2D eigenvalue weighted by molar-refractivity contribution is -0.929. The van der Waals surface area contributed by atoms with Gasteiger partial charge in [0.1, 0.15) is 5.75 Å². The van der Waals surface area contributed by atoms with Gasteiger partial charge < -0.3 is 14.3 Å². The van der Waals surface area contributed by atoms with E-state index in [1.807, 2.05) is 24.3 Å². The first-order valence-electron chi connectivity index (χ1n) is 12.3. The Morgan fingerprint density at radius 1 is 0.788 bits per heavy atom. The lowest BCUT2D eigenvalue weighted by atomic mass is 10.1. The molecule has 1 atom stereocenters. The fraction of sp³-hybridized carbons (Fsp3) is 0.760. The highest BCUT2D eigenvalue weighted by molar-refractivity contribution is 7.79. The Labute approximate surface area is 203 Å². The zero-order valence-electron chi connectivity index (χ0n) is 21.8. The summed E-state index contributed by atoms with van der Waals surface area (Å²) in [6.45, 7) is 16.8. The van der Waals surface area contributed by atoms with E-state index >= 15 is 0 Å². The Bertz CT molecular complexity index is 616. The zero-order valence-corrected chi connectivity index (χ0v) is 22.6. The van der Waals surface area contributed by atoms with Crippen LogP contribution in [0.25, 0.3) is 0 Å². The van der Waals surface area contributed by atoms with Crippen molar-refractivity contribution >= 4 is 10.4 Å². The molecule has 0 radical (unpaired) electrons. The molecule has 7 nitrogen and oxygen atoms in total. The highest BCUT2D eigenvalue weighted by Crippen LogP contribution is 2.17. The van der Waals surface area contributed by atoms with Crippen LogP contribution in [0, 0.1) is 0 Å². The lowest BCUT2D eigenvalue weighted by Crippen LogP contribution is -2.50. The van der Waals surface area contributed by atoms with Crippen molar-refractivity contribution in [1.82, 2.24) is 0 Å². The van der Waals surface area contributed by atoms with E-state index in [-0.39, 0.29) is 0 Å². The van der Waals surface area contributed by atoms with Crippen molar-refractivity contribution in [2.75, 3.05) is 33.3 Å². The van der Waals surface area contributed by atoms with E-state index in [0.717, 1.165) is 11.3 Å². The molecule has 1 unspecified atom stereocenters. The third-order valence-electron chi connectivity index (χ3n) is 5.54. The number of aliphatic hydroxyl groups is 1. The number of aliphatic hydroxyl groups excluding tert-OH is 1. The van der Waals surface area contributed by atoms with Crippen molar-refractivity contribution in [2.45, 2.75) is 92.1 Å². The first kappa shape index (κ1) is 34.0. The third kappa shape index (κ3) is 21.1. The van der Waals surface area contributed by atoms with Crippen molar-refractivity contribution in [3.05, 3.63) is 29.8 Å². The summed E-state index contributed by atoms with van der Waals surface area (Å²) in [7, 11) is -3.04. The largest absolute Gasteiger partial charge is 0.497 e. The summed E-state index contributed by atoms with van der Waals surface area (Å²) < 4.78 is 38.0. The number of ether oxygens (including phenoxy) is 1.